The van der Waals surface area contributed by atoms with E-state index in [1.54, 1.807) is 0 Å². The van der Waals surface area contributed by atoms with Gasteiger partial charge in [-0.2, -0.15) is 4.98 Å². The maximum Gasteiger partial charge on any atom is 0.316 e. The average molecular weight is 168 g/mol. The zero-order chi connectivity index (χ0) is 8.97. The van der Waals surface area contributed by atoms with E-state index in [1.807, 2.05) is 0 Å². The van der Waals surface area contributed by atoms with E-state index in [-0.39, 0.29) is 5.88 Å². The van der Waals surface area contributed by atoms with Gasteiger partial charge in [0.15, 0.2) is 0 Å². The number of rotatable bonds is 2. The van der Waals surface area contributed by atoms with E-state index in [2.05, 4.69) is 15.3 Å². The second kappa shape index (κ2) is 3.51. The van der Waals surface area contributed by atoms with E-state index >= 15 is 0 Å². The normalized spacial score (nSPS) is 9.08. The third-order valence-corrected chi connectivity index (χ3v) is 1.13. The Morgan fingerprint density at radius 2 is 2.50 bits per heavy atom. The molecule has 0 radical (unpaired) electrons. The fourth-order valence-corrected chi connectivity index (χ4v) is 0.700. The molecule has 0 fully saturated rings. The quantitative estimate of drug-likeness (QED) is 0.649. The predicted octanol–water partition coefficient (Wildman–Crippen LogP) is -0.0242. The summed E-state index contributed by atoms with van der Waals surface area (Å²) >= 11 is 0. The number of urea groups is 1. The molecule has 0 aliphatic heterocycles. The number of aromatic nitrogens is 2. The van der Waals surface area contributed by atoms with Crippen molar-refractivity contribution >= 4 is 11.7 Å². The van der Waals surface area contributed by atoms with Gasteiger partial charge >= 0.3 is 6.03 Å². The summed E-state index contributed by atoms with van der Waals surface area (Å²) in [6.07, 6.45) is 2.71. The zero-order valence-electron chi connectivity index (χ0n) is 6.44. The first-order valence-corrected chi connectivity index (χ1v) is 3.14. The first-order chi connectivity index (χ1) is 5.74. The Labute approximate surface area is 68.8 Å². The molecule has 1 aromatic heterocycles. The molecule has 64 valence electrons. The Morgan fingerprint density at radius 1 is 1.75 bits per heavy atom. The summed E-state index contributed by atoms with van der Waals surface area (Å²) < 4.78 is 4.82. The van der Waals surface area contributed by atoms with Crippen LogP contribution in [0.25, 0.3) is 0 Å². The fourth-order valence-electron chi connectivity index (χ4n) is 0.700. The summed E-state index contributed by atoms with van der Waals surface area (Å²) in [6.45, 7) is 0. The first kappa shape index (κ1) is 8.25. The van der Waals surface area contributed by atoms with Crippen LogP contribution >= 0.6 is 0 Å². The van der Waals surface area contributed by atoms with Gasteiger partial charge < -0.3 is 15.8 Å². The van der Waals surface area contributed by atoms with Crippen LogP contribution in [0.5, 0.6) is 5.88 Å². The Hall–Kier alpha value is -1.85. The van der Waals surface area contributed by atoms with Crippen molar-refractivity contribution in [2.24, 2.45) is 5.73 Å². The largest absolute Gasteiger partial charge is 0.479 e. The van der Waals surface area contributed by atoms with Crippen LogP contribution in [0.1, 0.15) is 0 Å². The van der Waals surface area contributed by atoms with Crippen molar-refractivity contribution in [2.45, 2.75) is 0 Å². The molecule has 0 atom stereocenters. The van der Waals surface area contributed by atoms with Gasteiger partial charge in [-0.05, 0) is 0 Å². The van der Waals surface area contributed by atoms with E-state index < -0.39 is 6.03 Å². The molecule has 0 bridgehead atoms. The second-order valence-electron chi connectivity index (χ2n) is 1.93. The monoisotopic (exact) mass is 168 g/mol. The molecule has 1 aromatic rings. The molecule has 0 spiro atoms. The van der Waals surface area contributed by atoms with E-state index in [1.165, 1.54) is 19.6 Å². The minimum absolute atomic E-state index is 0.281. The van der Waals surface area contributed by atoms with Crippen molar-refractivity contribution < 1.29 is 9.53 Å². The molecule has 0 saturated carbocycles. The number of hydrogen-bond donors (Lipinski definition) is 2. The summed E-state index contributed by atoms with van der Waals surface area (Å²) in [6, 6.07) is -0.678. The number of nitrogens with two attached hydrogens (primary N) is 1. The third-order valence-electron chi connectivity index (χ3n) is 1.13. The maximum absolute atomic E-state index is 10.4. The molecule has 12 heavy (non-hydrogen) atoms. The predicted molar refractivity (Wildman–Crippen MR) is 41.8 cm³/mol. The SMILES string of the molecule is COc1ncncc1NC(N)=O. The number of methoxy groups -OCH3 is 1. The lowest BCUT2D eigenvalue weighted by molar-refractivity contribution is 0.259. The van der Waals surface area contributed by atoms with Gasteiger partial charge in [-0.25, -0.2) is 9.78 Å². The lowest BCUT2D eigenvalue weighted by Crippen LogP contribution is -2.20. The minimum Gasteiger partial charge on any atom is -0.479 e. The number of primary amides is 1. The highest BCUT2D eigenvalue weighted by molar-refractivity contribution is 5.88. The lowest BCUT2D eigenvalue weighted by atomic mass is 10.5. The van der Waals surface area contributed by atoms with Gasteiger partial charge in [0.05, 0.1) is 13.3 Å². The lowest BCUT2D eigenvalue weighted by Gasteiger charge is -2.04. The average Bonchev–Trinajstić information content (AvgIpc) is 2.04. The smallest absolute Gasteiger partial charge is 0.316 e. The van der Waals surface area contributed by atoms with Gasteiger partial charge in [0.1, 0.15) is 12.0 Å². The van der Waals surface area contributed by atoms with Crippen molar-refractivity contribution in [3.63, 3.8) is 0 Å². The molecule has 0 saturated heterocycles. The third kappa shape index (κ3) is 1.82. The number of hydrogen-bond acceptors (Lipinski definition) is 4. The van der Waals surface area contributed by atoms with Crippen LogP contribution in [0.3, 0.4) is 0 Å². The molecule has 1 rings (SSSR count). The van der Waals surface area contributed by atoms with Crippen LogP contribution in [0.4, 0.5) is 10.5 Å². The van der Waals surface area contributed by atoms with Gasteiger partial charge in [0.25, 0.3) is 0 Å². The Balaban J connectivity index is 2.89. The summed E-state index contributed by atoms with van der Waals surface area (Å²) in [7, 11) is 1.44. The van der Waals surface area contributed by atoms with Crippen LogP contribution in [-0.4, -0.2) is 23.1 Å². The summed E-state index contributed by atoms with van der Waals surface area (Å²) in [4.78, 5) is 17.9. The molecular formula is C6H8N4O2. The number of nitrogens with zero attached hydrogens (tertiary/aromatic N) is 2. The van der Waals surface area contributed by atoms with E-state index in [0.29, 0.717) is 5.69 Å². The van der Waals surface area contributed by atoms with Crippen molar-refractivity contribution in [3.05, 3.63) is 12.5 Å². The molecule has 6 nitrogen and oxygen atoms in total. The topological polar surface area (TPSA) is 90.1 Å². The van der Waals surface area contributed by atoms with Gasteiger partial charge in [-0.3, -0.25) is 0 Å². The van der Waals surface area contributed by atoms with Crippen LogP contribution in [-0.2, 0) is 0 Å². The summed E-state index contributed by atoms with van der Waals surface area (Å²) in [5, 5.41) is 2.31. The van der Waals surface area contributed by atoms with E-state index in [4.69, 9.17) is 10.5 Å². The highest BCUT2D eigenvalue weighted by Gasteiger charge is 2.04. The molecule has 0 aromatic carbocycles. The number of anilines is 1. The van der Waals surface area contributed by atoms with Crippen molar-refractivity contribution in [1.82, 2.24) is 9.97 Å². The number of nitrogens with one attached hydrogen (secondary N) is 1. The molecule has 6 heteroatoms. The minimum atomic E-state index is -0.678. The zero-order valence-corrected chi connectivity index (χ0v) is 6.44. The van der Waals surface area contributed by atoms with Crippen LogP contribution < -0.4 is 15.8 Å². The Kier molecular flexibility index (Phi) is 2.42. The first-order valence-electron chi connectivity index (χ1n) is 3.14. The van der Waals surface area contributed by atoms with Crippen LogP contribution in [0.15, 0.2) is 12.5 Å². The standard InChI is InChI=1S/C6H8N4O2/c1-12-5-4(10-6(7)11)2-8-3-9-5/h2-3H,1H3,(H3,7,10,11). The highest BCUT2D eigenvalue weighted by atomic mass is 16.5. The van der Waals surface area contributed by atoms with Crippen LogP contribution in [0, 0.1) is 0 Å². The number of ether oxygens (including phenoxy) is 1. The van der Waals surface area contributed by atoms with E-state index in [0.717, 1.165) is 0 Å². The van der Waals surface area contributed by atoms with Gasteiger partial charge in [-0.15, -0.1) is 0 Å². The molecule has 0 aliphatic carbocycles. The van der Waals surface area contributed by atoms with Crippen molar-refractivity contribution in [1.29, 1.82) is 0 Å². The maximum atomic E-state index is 10.4. The second-order valence-corrected chi connectivity index (χ2v) is 1.93. The van der Waals surface area contributed by atoms with E-state index in [9.17, 15) is 4.79 Å². The van der Waals surface area contributed by atoms with Crippen molar-refractivity contribution in [2.75, 3.05) is 12.4 Å². The molecule has 3 N–H and O–H groups in total. The van der Waals surface area contributed by atoms with Crippen LogP contribution in [0.2, 0.25) is 0 Å². The number of amides is 2. The molecule has 0 unspecified atom stereocenters. The molecular weight excluding hydrogens is 160 g/mol. The van der Waals surface area contributed by atoms with Gasteiger partial charge in [-0.1, -0.05) is 0 Å². The van der Waals surface area contributed by atoms with Crippen molar-refractivity contribution in [3.8, 4) is 5.88 Å². The Bertz CT molecular complexity index is 289. The molecule has 1 heterocycles. The number of carbonyl (C=O) groups is 1. The number of carbonyl (C=O) groups excluding carboxylic acids is 1. The molecule has 0 aliphatic rings. The highest BCUT2D eigenvalue weighted by Crippen LogP contribution is 2.17. The van der Waals surface area contributed by atoms with Gasteiger partial charge in [0.2, 0.25) is 5.88 Å². The van der Waals surface area contributed by atoms with Gasteiger partial charge in [0, 0.05) is 0 Å². The summed E-state index contributed by atoms with van der Waals surface area (Å²) in [5.41, 5.74) is 5.24. The summed E-state index contributed by atoms with van der Waals surface area (Å²) in [5.74, 6) is 0.281. The molecule has 2 amide bonds. The fraction of sp³-hybridized carbons (Fsp3) is 0.167. The Morgan fingerprint density at radius 3 is 3.08 bits per heavy atom.